The summed E-state index contributed by atoms with van der Waals surface area (Å²) in [5.41, 5.74) is -0.430. The van der Waals surface area contributed by atoms with E-state index in [1.165, 1.54) is 12.8 Å². The molecular formula is C12H30O4. The Kier molecular flexibility index (Phi) is 15.0. The van der Waals surface area contributed by atoms with Gasteiger partial charge < -0.3 is 0 Å². The Balaban J connectivity index is -0.000000237. The van der Waals surface area contributed by atoms with Crippen LogP contribution in [0.25, 0.3) is 0 Å². The lowest BCUT2D eigenvalue weighted by Crippen LogP contribution is -2.27. The second kappa shape index (κ2) is 11.3. The lowest BCUT2D eigenvalue weighted by atomic mass is 10.2. The highest BCUT2D eigenvalue weighted by atomic mass is 17.2. The van der Waals surface area contributed by atoms with Gasteiger partial charge in [-0.3, -0.25) is 10.5 Å². The molecule has 0 rings (SSSR count). The maximum atomic E-state index is 6.00. The van der Waals surface area contributed by atoms with Crippen molar-refractivity contribution >= 4 is 0 Å². The van der Waals surface area contributed by atoms with Gasteiger partial charge in [0.2, 0.25) is 0 Å². The maximum Gasteiger partial charge on any atom is 0.0952 e. The first-order valence-electron chi connectivity index (χ1n) is 5.69. The molecule has 0 radical (unpaired) electrons. The molecule has 0 heterocycles. The Hall–Kier alpha value is -0.160. The predicted octanol–water partition coefficient (Wildman–Crippen LogP) is 4.36. The third-order valence-electron chi connectivity index (χ3n) is 1.04. The summed E-state index contributed by atoms with van der Waals surface area (Å²) < 4.78 is 0. The molecule has 0 aromatic carbocycles. The molecule has 0 aliphatic heterocycles. The first-order chi connectivity index (χ1) is 7.12. The van der Waals surface area contributed by atoms with Gasteiger partial charge >= 0.3 is 0 Å². The Morgan fingerprint density at radius 2 is 0.875 bits per heavy atom. The van der Waals surface area contributed by atoms with E-state index in [0.29, 0.717) is 0 Å². The van der Waals surface area contributed by atoms with Crippen molar-refractivity contribution in [2.75, 3.05) is 0 Å². The van der Waals surface area contributed by atoms with Crippen molar-refractivity contribution in [2.45, 2.75) is 79.4 Å². The highest BCUT2D eigenvalue weighted by Crippen LogP contribution is 2.14. The van der Waals surface area contributed by atoms with Crippen LogP contribution in [0.3, 0.4) is 0 Å². The molecule has 0 aliphatic rings. The van der Waals surface area contributed by atoms with Crippen molar-refractivity contribution in [1.29, 1.82) is 0 Å². The van der Waals surface area contributed by atoms with Crippen molar-refractivity contribution in [1.82, 2.24) is 0 Å². The van der Waals surface area contributed by atoms with Gasteiger partial charge in [0.15, 0.2) is 0 Å². The highest BCUT2D eigenvalue weighted by Gasteiger charge is 2.18. The largest absolute Gasteiger partial charge is 0.255 e. The van der Waals surface area contributed by atoms with Gasteiger partial charge in [-0.25, -0.2) is 9.78 Å². The zero-order valence-electron chi connectivity index (χ0n) is 12.1. The minimum absolute atomic E-state index is 0.215. The fourth-order valence-electron chi connectivity index (χ4n) is 0.250. The molecule has 0 fully saturated rings. The summed E-state index contributed by atoms with van der Waals surface area (Å²) in [4.78, 5) is 10.2. The second-order valence-electron chi connectivity index (χ2n) is 5.39. The van der Waals surface area contributed by atoms with E-state index in [-0.39, 0.29) is 11.2 Å². The van der Waals surface area contributed by atoms with E-state index in [0.717, 1.165) is 0 Å². The average Bonchev–Trinajstić information content (AvgIpc) is 2.17. The molecule has 0 spiro atoms. The highest BCUT2D eigenvalue weighted by molar-refractivity contribution is 4.58. The Labute approximate surface area is 100 Å². The minimum atomic E-state index is -0.215. The fraction of sp³-hybridized carbons (Fsp3) is 1.00. The Morgan fingerprint density at radius 1 is 0.688 bits per heavy atom. The van der Waals surface area contributed by atoms with E-state index in [1.54, 1.807) is 0 Å². The summed E-state index contributed by atoms with van der Waals surface area (Å²) in [6.07, 6.45) is 2.64. The number of hydrogen-bond acceptors (Lipinski definition) is 4. The van der Waals surface area contributed by atoms with Crippen LogP contribution in [0.4, 0.5) is 0 Å². The van der Waals surface area contributed by atoms with Gasteiger partial charge in [-0.2, -0.15) is 0 Å². The smallest absolute Gasteiger partial charge is 0.0952 e. The summed E-state index contributed by atoms with van der Waals surface area (Å²) in [7, 11) is 0. The summed E-state index contributed by atoms with van der Waals surface area (Å²) in [6.45, 7) is 16.1. The van der Waals surface area contributed by atoms with Crippen LogP contribution in [0.5, 0.6) is 0 Å². The van der Waals surface area contributed by atoms with Crippen molar-refractivity contribution in [3.05, 3.63) is 0 Å². The number of hydrogen-bond donors (Lipinski definition) is 2. The van der Waals surface area contributed by atoms with Gasteiger partial charge in [0.1, 0.15) is 0 Å². The van der Waals surface area contributed by atoms with Crippen LogP contribution in [-0.4, -0.2) is 21.7 Å². The van der Waals surface area contributed by atoms with Gasteiger partial charge in [-0.05, 0) is 41.5 Å². The van der Waals surface area contributed by atoms with Crippen molar-refractivity contribution < 1.29 is 20.3 Å². The third kappa shape index (κ3) is 37.1. The van der Waals surface area contributed by atoms with Gasteiger partial charge in [-0.1, -0.05) is 26.7 Å². The normalized spacial score (nSPS) is 10.9. The molecule has 0 bridgehead atoms. The first kappa shape index (κ1) is 21.2. The van der Waals surface area contributed by atoms with E-state index < -0.39 is 0 Å². The van der Waals surface area contributed by atoms with Crippen LogP contribution in [0, 0.1) is 0 Å². The lowest BCUT2D eigenvalue weighted by molar-refractivity contribution is -0.393. The average molecular weight is 238 g/mol. The van der Waals surface area contributed by atoms with E-state index in [1.807, 2.05) is 41.5 Å². The number of unbranched alkanes of at least 4 members (excludes halogenated alkanes) is 1. The molecule has 4 nitrogen and oxygen atoms in total. The Bertz CT molecular complexity index is 106. The zero-order valence-corrected chi connectivity index (χ0v) is 12.1. The molecule has 2 N–H and O–H groups in total. The Morgan fingerprint density at radius 3 is 0.938 bits per heavy atom. The quantitative estimate of drug-likeness (QED) is 0.554. The van der Waals surface area contributed by atoms with Crippen LogP contribution < -0.4 is 0 Å². The molecule has 0 aromatic rings. The molecular weight excluding hydrogens is 208 g/mol. The molecule has 16 heavy (non-hydrogen) atoms. The van der Waals surface area contributed by atoms with Crippen LogP contribution in [0.15, 0.2) is 0 Å². The molecule has 4 heteroatoms. The number of rotatable bonds is 2. The topological polar surface area (TPSA) is 58.9 Å². The van der Waals surface area contributed by atoms with E-state index in [2.05, 4.69) is 13.8 Å². The first-order valence-corrected chi connectivity index (χ1v) is 5.69. The molecule has 0 amide bonds. The molecule has 0 atom stereocenters. The fourth-order valence-corrected chi connectivity index (χ4v) is 0.250. The predicted molar refractivity (Wildman–Crippen MR) is 67.5 cm³/mol. The minimum Gasteiger partial charge on any atom is -0.255 e. The van der Waals surface area contributed by atoms with Crippen LogP contribution in [0.2, 0.25) is 0 Å². The molecule has 0 saturated heterocycles. The van der Waals surface area contributed by atoms with Crippen LogP contribution in [-0.2, 0) is 9.78 Å². The molecule has 0 aromatic heterocycles. The summed E-state index contributed by atoms with van der Waals surface area (Å²) in [6, 6.07) is 0. The molecule has 0 aliphatic carbocycles. The molecule has 0 saturated carbocycles. The third-order valence-corrected chi connectivity index (χ3v) is 1.04. The van der Waals surface area contributed by atoms with E-state index >= 15 is 0 Å². The van der Waals surface area contributed by atoms with E-state index in [4.69, 9.17) is 20.3 Å². The van der Waals surface area contributed by atoms with Crippen molar-refractivity contribution in [3.63, 3.8) is 0 Å². The van der Waals surface area contributed by atoms with Crippen LogP contribution in [0.1, 0.15) is 68.2 Å². The van der Waals surface area contributed by atoms with E-state index in [9.17, 15) is 0 Å². The standard InChI is InChI=1S/C8H18O2.C4H10.H2O2/c1-7(2,3)9-10-8(4,5)6;1-3-4-2;1-2/h1-6H3;3-4H2,1-2H3;1-2H. The van der Waals surface area contributed by atoms with Gasteiger partial charge in [0, 0.05) is 0 Å². The zero-order chi connectivity index (χ0) is 13.8. The monoisotopic (exact) mass is 238 g/mol. The second-order valence-corrected chi connectivity index (χ2v) is 5.39. The summed E-state index contributed by atoms with van der Waals surface area (Å²) in [5, 5.41) is 12.0. The molecule has 0 unspecified atom stereocenters. The van der Waals surface area contributed by atoms with Crippen molar-refractivity contribution in [3.8, 4) is 0 Å². The van der Waals surface area contributed by atoms with Gasteiger partial charge in [0.05, 0.1) is 11.2 Å². The maximum absolute atomic E-state index is 6.00. The van der Waals surface area contributed by atoms with Crippen molar-refractivity contribution in [2.24, 2.45) is 0 Å². The summed E-state index contributed by atoms with van der Waals surface area (Å²) >= 11 is 0. The van der Waals surface area contributed by atoms with Crippen LogP contribution >= 0.6 is 0 Å². The summed E-state index contributed by atoms with van der Waals surface area (Å²) in [5.74, 6) is 0. The van der Waals surface area contributed by atoms with Gasteiger partial charge in [0.25, 0.3) is 0 Å². The van der Waals surface area contributed by atoms with Gasteiger partial charge in [-0.15, -0.1) is 0 Å². The lowest BCUT2D eigenvalue weighted by Gasteiger charge is -2.24. The molecule has 102 valence electrons. The SMILES string of the molecule is CC(C)(C)OOC(C)(C)C.CCCC.OO.